The lowest BCUT2D eigenvalue weighted by atomic mass is 9.78. The summed E-state index contributed by atoms with van der Waals surface area (Å²) in [5.74, 6) is 0.477. The van der Waals surface area contributed by atoms with Crippen molar-refractivity contribution in [2.24, 2.45) is 0 Å². The highest BCUT2D eigenvalue weighted by Gasteiger charge is 2.36. The van der Waals surface area contributed by atoms with E-state index in [1.54, 1.807) is 0 Å². The Balaban J connectivity index is 1.68. The second-order valence-corrected chi connectivity index (χ2v) is 6.19. The van der Waals surface area contributed by atoms with Gasteiger partial charge in [-0.3, -0.25) is 9.78 Å². The van der Waals surface area contributed by atoms with Crippen LogP contribution in [0.2, 0.25) is 0 Å². The molecule has 0 radical (unpaired) electrons. The number of carbonyl (C=O) groups is 1. The fourth-order valence-electron chi connectivity index (χ4n) is 3.98. The summed E-state index contributed by atoms with van der Waals surface area (Å²) in [6, 6.07) is 12.5. The molecule has 0 fully saturated rings. The van der Waals surface area contributed by atoms with Gasteiger partial charge in [-0.05, 0) is 54.9 Å². The third-order valence-electron chi connectivity index (χ3n) is 5.01. The van der Waals surface area contributed by atoms with Crippen molar-refractivity contribution in [1.82, 2.24) is 4.98 Å². The van der Waals surface area contributed by atoms with Crippen LogP contribution in [0.5, 0.6) is 0 Å². The fourth-order valence-corrected chi connectivity index (χ4v) is 3.98. The lowest BCUT2D eigenvalue weighted by Crippen LogP contribution is -2.24. The van der Waals surface area contributed by atoms with E-state index >= 15 is 0 Å². The van der Waals surface area contributed by atoms with Crippen LogP contribution in [0.1, 0.15) is 53.5 Å². The van der Waals surface area contributed by atoms with Gasteiger partial charge < -0.3 is 0 Å². The number of fused-ring (bicyclic) bond motifs is 2. The number of hydrogen-bond acceptors (Lipinski definition) is 2. The molecule has 0 aliphatic heterocycles. The smallest absolute Gasteiger partial charge is 0.149 e. The monoisotopic (exact) mass is 277 g/mol. The third-order valence-corrected chi connectivity index (χ3v) is 5.01. The Morgan fingerprint density at radius 3 is 2.76 bits per heavy atom. The number of aryl methyl sites for hydroxylation is 2. The van der Waals surface area contributed by atoms with Crippen LogP contribution in [0.3, 0.4) is 0 Å². The second-order valence-electron chi connectivity index (χ2n) is 6.19. The van der Waals surface area contributed by atoms with Crippen LogP contribution in [0, 0.1) is 0 Å². The summed E-state index contributed by atoms with van der Waals surface area (Å²) in [7, 11) is 0. The minimum atomic E-state index is 0.00565. The van der Waals surface area contributed by atoms with Crippen molar-refractivity contribution < 1.29 is 4.79 Å². The maximum absolute atomic E-state index is 13.1. The van der Waals surface area contributed by atoms with Gasteiger partial charge in [0.2, 0.25) is 0 Å². The highest BCUT2D eigenvalue weighted by Crippen LogP contribution is 2.40. The molecule has 1 aromatic carbocycles. The van der Waals surface area contributed by atoms with Crippen LogP contribution < -0.4 is 0 Å². The standard InChI is InChI=1S/C19H19NO/c21-19(16-11-10-13-5-1-2-8-15(13)16)17-9-3-6-14-7-4-12-20-18(14)17/h1-2,4-5,7-8,12,16-17H,3,6,9-11H2. The molecule has 0 bridgehead atoms. The van der Waals surface area contributed by atoms with Crippen LogP contribution in [0.25, 0.3) is 0 Å². The van der Waals surface area contributed by atoms with Crippen LogP contribution in [0.15, 0.2) is 42.6 Å². The Labute approximate surface area is 125 Å². The van der Waals surface area contributed by atoms with Gasteiger partial charge >= 0.3 is 0 Å². The molecule has 2 aliphatic rings. The molecule has 2 unspecified atom stereocenters. The minimum absolute atomic E-state index is 0.00565. The number of Topliss-reactive ketones (excluding diaryl/α,β-unsaturated/α-hetero) is 1. The number of benzene rings is 1. The first-order chi connectivity index (χ1) is 10.3. The number of carbonyl (C=O) groups excluding carboxylic acids is 1. The quantitative estimate of drug-likeness (QED) is 0.835. The van der Waals surface area contributed by atoms with Crippen molar-refractivity contribution in [2.75, 3.05) is 0 Å². The Kier molecular flexibility index (Phi) is 3.10. The average Bonchev–Trinajstić information content (AvgIpc) is 2.98. The van der Waals surface area contributed by atoms with Crippen LogP contribution in [-0.4, -0.2) is 10.8 Å². The summed E-state index contributed by atoms with van der Waals surface area (Å²) in [5, 5.41) is 0. The van der Waals surface area contributed by atoms with Gasteiger partial charge in [0.05, 0.1) is 11.6 Å². The summed E-state index contributed by atoms with van der Waals surface area (Å²) in [4.78, 5) is 17.6. The van der Waals surface area contributed by atoms with Gasteiger partial charge in [0.15, 0.2) is 0 Å². The lowest BCUT2D eigenvalue weighted by molar-refractivity contribution is -0.122. The summed E-state index contributed by atoms with van der Waals surface area (Å²) in [5.41, 5.74) is 4.92. The van der Waals surface area contributed by atoms with E-state index in [0.717, 1.165) is 37.8 Å². The number of rotatable bonds is 2. The van der Waals surface area contributed by atoms with E-state index in [2.05, 4.69) is 35.3 Å². The third kappa shape index (κ3) is 2.10. The molecule has 2 nitrogen and oxygen atoms in total. The molecule has 2 aliphatic carbocycles. The first-order valence-corrected chi connectivity index (χ1v) is 7.90. The van der Waals surface area contributed by atoms with Crippen LogP contribution in [-0.2, 0) is 17.6 Å². The molecule has 0 spiro atoms. The first-order valence-electron chi connectivity index (χ1n) is 7.90. The van der Waals surface area contributed by atoms with Crippen LogP contribution >= 0.6 is 0 Å². The first kappa shape index (κ1) is 12.8. The Morgan fingerprint density at radius 2 is 1.81 bits per heavy atom. The molecule has 21 heavy (non-hydrogen) atoms. The van der Waals surface area contributed by atoms with E-state index in [1.165, 1.54) is 16.7 Å². The van der Waals surface area contributed by atoms with Gasteiger partial charge in [-0.25, -0.2) is 0 Å². The molecule has 0 saturated heterocycles. The Morgan fingerprint density at radius 1 is 0.952 bits per heavy atom. The molecule has 2 aromatic rings. The van der Waals surface area contributed by atoms with E-state index in [9.17, 15) is 4.79 Å². The van der Waals surface area contributed by atoms with Crippen molar-refractivity contribution in [1.29, 1.82) is 0 Å². The molecular weight excluding hydrogens is 258 g/mol. The number of ketones is 1. The largest absolute Gasteiger partial charge is 0.298 e. The molecule has 0 amide bonds. The summed E-state index contributed by atoms with van der Waals surface area (Å²) in [6.45, 7) is 0. The van der Waals surface area contributed by atoms with Gasteiger partial charge in [0.25, 0.3) is 0 Å². The topological polar surface area (TPSA) is 30.0 Å². The molecule has 1 aromatic heterocycles. The Hall–Kier alpha value is -1.96. The van der Waals surface area contributed by atoms with E-state index in [0.29, 0.717) is 5.78 Å². The maximum Gasteiger partial charge on any atom is 0.149 e. The predicted octanol–water partition coefficient (Wildman–Crippen LogP) is 3.80. The second kappa shape index (κ2) is 5.10. The average molecular weight is 277 g/mol. The molecule has 2 atom stereocenters. The van der Waals surface area contributed by atoms with Gasteiger partial charge in [0, 0.05) is 12.1 Å². The number of nitrogens with zero attached hydrogens (tertiary/aromatic N) is 1. The minimum Gasteiger partial charge on any atom is -0.298 e. The van der Waals surface area contributed by atoms with Gasteiger partial charge in [-0.2, -0.15) is 0 Å². The summed E-state index contributed by atoms with van der Waals surface area (Å²) < 4.78 is 0. The van der Waals surface area contributed by atoms with Crippen molar-refractivity contribution in [3.05, 3.63) is 65.0 Å². The molecule has 1 heterocycles. The maximum atomic E-state index is 13.1. The zero-order chi connectivity index (χ0) is 14.2. The van der Waals surface area contributed by atoms with E-state index in [4.69, 9.17) is 0 Å². The normalized spacial score (nSPS) is 23.4. The van der Waals surface area contributed by atoms with Gasteiger partial charge in [0.1, 0.15) is 5.78 Å². The lowest BCUT2D eigenvalue weighted by Gasteiger charge is -2.25. The van der Waals surface area contributed by atoms with Crippen molar-refractivity contribution in [2.45, 2.75) is 43.9 Å². The van der Waals surface area contributed by atoms with E-state index in [-0.39, 0.29) is 11.8 Å². The van der Waals surface area contributed by atoms with Crippen LogP contribution in [0.4, 0.5) is 0 Å². The highest BCUT2D eigenvalue weighted by atomic mass is 16.1. The molecule has 4 rings (SSSR count). The van der Waals surface area contributed by atoms with Crippen molar-refractivity contribution in [3.8, 4) is 0 Å². The molecule has 0 N–H and O–H groups in total. The van der Waals surface area contributed by atoms with Gasteiger partial charge in [-0.1, -0.05) is 30.3 Å². The van der Waals surface area contributed by atoms with E-state index in [1.807, 2.05) is 12.3 Å². The molecule has 2 heteroatoms. The number of hydrogen-bond donors (Lipinski definition) is 0. The van der Waals surface area contributed by atoms with Crippen molar-refractivity contribution >= 4 is 5.78 Å². The highest BCUT2D eigenvalue weighted by molar-refractivity contribution is 5.92. The van der Waals surface area contributed by atoms with Gasteiger partial charge in [-0.15, -0.1) is 0 Å². The van der Waals surface area contributed by atoms with Crippen molar-refractivity contribution in [3.63, 3.8) is 0 Å². The van der Waals surface area contributed by atoms with E-state index < -0.39 is 0 Å². The fraction of sp³-hybridized carbons (Fsp3) is 0.368. The number of aromatic nitrogens is 1. The summed E-state index contributed by atoms with van der Waals surface area (Å²) >= 11 is 0. The summed E-state index contributed by atoms with van der Waals surface area (Å²) in [6.07, 6.45) is 6.96. The zero-order valence-corrected chi connectivity index (χ0v) is 12.1. The Bertz CT molecular complexity index is 691. The molecular formula is C19H19NO. The number of pyridine rings is 1. The SMILES string of the molecule is O=C(C1CCc2ccccc21)C1CCCc2cccnc21. The molecule has 0 saturated carbocycles. The zero-order valence-electron chi connectivity index (χ0n) is 12.1. The molecule has 106 valence electrons. The predicted molar refractivity (Wildman–Crippen MR) is 82.4 cm³/mol.